The summed E-state index contributed by atoms with van der Waals surface area (Å²) in [6.07, 6.45) is 0.287. The molecule has 0 unspecified atom stereocenters. The minimum atomic E-state index is -0.851. The van der Waals surface area contributed by atoms with Crippen LogP contribution < -0.4 is 0 Å². The molecule has 0 aromatic carbocycles. The van der Waals surface area contributed by atoms with E-state index in [2.05, 4.69) is 0 Å². The average molecular weight is 267 g/mol. The number of hydrogen-bond donors (Lipinski definition) is 1. The summed E-state index contributed by atoms with van der Waals surface area (Å²) in [6, 6.07) is 1.86. The van der Waals surface area contributed by atoms with Crippen molar-refractivity contribution in [3.05, 3.63) is 0 Å². The van der Waals surface area contributed by atoms with E-state index in [1.54, 1.807) is 9.80 Å². The largest absolute Gasteiger partial charge is 0.481 e. The zero-order chi connectivity index (χ0) is 14.6. The van der Waals surface area contributed by atoms with Crippen molar-refractivity contribution in [1.82, 2.24) is 9.80 Å². The van der Waals surface area contributed by atoms with Gasteiger partial charge in [-0.15, -0.1) is 0 Å². The summed E-state index contributed by atoms with van der Waals surface area (Å²) in [5.41, 5.74) is 0. The van der Waals surface area contributed by atoms with Crippen molar-refractivity contribution in [2.75, 3.05) is 19.6 Å². The Balaban J connectivity index is 2.71. The molecule has 1 rings (SSSR count). The van der Waals surface area contributed by atoms with Gasteiger partial charge in [-0.1, -0.05) is 6.92 Å². The zero-order valence-corrected chi connectivity index (χ0v) is 11.7. The second-order valence-electron chi connectivity index (χ2n) is 5.30. The third-order valence-electron chi connectivity index (χ3n) is 3.53. The van der Waals surface area contributed by atoms with Crippen molar-refractivity contribution >= 4 is 12.0 Å². The Hall–Kier alpha value is -1.77. The van der Waals surface area contributed by atoms with Gasteiger partial charge in [-0.25, -0.2) is 4.79 Å². The minimum Gasteiger partial charge on any atom is -0.481 e. The number of aliphatic carboxylic acids is 1. The van der Waals surface area contributed by atoms with E-state index in [0.29, 0.717) is 13.1 Å². The SMILES string of the molecule is CC(C)N(CCC#N)C(=O)N1C[C@@H](C)[C@H](C(=O)O)C1. The van der Waals surface area contributed by atoms with E-state index in [1.807, 2.05) is 26.8 Å². The topological polar surface area (TPSA) is 84.6 Å². The number of nitrogens with zero attached hydrogens (tertiary/aromatic N) is 3. The summed E-state index contributed by atoms with van der Waals surface area (Å²) in [5.74, 6) is -1.38. The molecule has 6 nitrogen and oxygen atoms in total. The maximum atomic E-state index is 12.4. The lowest BCUT2D eigenvalue weighted by Gasteiger charge is -2.30. The number of hydrogen-bond acceptors (Lipinski definition) is 3. The van der Waals surface area contributed by atoms with Crippen LogP contribution in [0.3, 0.4) is 0 Å². The first-order valence-electron chi connectivity index (χ1n) is 6.53. The monoisotopic (exact) mass is 267 g/mol. The van der Waals surface area contributed by atoms with Gasteiger partial charge in [0.15, 0.2) is 0 Å². The fourth-order valence-electron chi connectivity index (χ4n) is 2.37. The number of amides is 2. The molecule has 6 heteroatoms. The molecular weight excluding hydrogens is 246 g/mol. The Kier molecular flexibility index (Phi) is 5.16. The molecule has 1 N–H and O–H groups in total. The van der Waals surface area contributed by atoms with Gasteiger partial charge in [-0.05, 0) is 19.8 Å². The predicted molar refractivity (Wildman–Crippen MR) is 69.3 cm³/mol. The fourth-order valence-corrected chi connectivity index (χ4v) is 2.37. The Labute approximate surface area is 113 Å². The number of urea groups is 1. The van der Waals surface area contributed by atoms with Gasteiger partial charge in [-0.3, -0.25) is 4.79 Å². The molecule has 1 fully saturated rings. The second-order valence-corrected chi connectivity index (χ2v) is 5.30. The fraction of sp³-hybridized carbons (Fsp3) is 0.769. The van der Waals surface area contributed by atoms with E-state index in [1.165, 1.54) is 0 Å². The molecule has 106 valence electrons. The minimum absolute atomic E-state index is 0.0000317. The van der Waals surface area contributed by atoms with E-state index in [0.717, 1.165) is 0 Å². The zero-order valence-electron chi connectivity index (χ0n) is 11.7. The van der Waals surface area contributed by atoms with Gasteiger partial charge in [0, 0.05) is 25.7 Å². The first kappa shape index (κ1) is 15.3. The Morgan fingerprint density at radius 2 is 2.11 bits per heavy atom. The molecule has 19 heavy (non-hydrogen) atoms. The predicted octanol–water partition coefficient (Wildman–Crippen LogP) is 1.38. The molecule has 0 aromatic heterocycles. The average Bonchev–Trinajstić information content (AvgIpc) is 2.71. The highest BCUT2D eigenvalue weighted by atomic mass is 16.4. The molecule has 1 aliphatic heterocycles. The molecule has 0 aromatic rings. The maximum Gasteiger partial charge on any atom is 0.320 e. The highest BCUT2D eigenvalue weighted by Crippen LogP contribution is 2.24. The van der Waals surface area contributed by atoms with Crippen molar-refractivity contribution in [2.45, 2.75) is 33.2 Å². The van der Waals surface area contributed by atoms with Gasteiger partial charge in [0.1, 0.15) is 0 Å². The number of carbonyl (C=O) groups excluding carboxylic acids is 1. The lowest BCUT2D eigenvalue weighted by atomic mass is 9.99. The van der Waals surface area contributed by atoms with Gasteiger partial charge >= 0.3 is 12.0 Å². The molecule has 0 spiro atoms. The summed E-state index contributed by atoms with van der Waals surface area (Å²) >= 11 is 0. The third kappa shape index (κ3) is 3.60. The Bertz CT molecular complexity index is 389. The molecule has 0 aliphatic carbocycles. The molecule has 1 heterocycles. The van der Waals surface area contributed by atoms with Gasteiger partial charge in [0.2, 0.25) is 0 Å². The second kappa shape index (κ2) is 6.41. The smallest absolute Gasteiger partial charge is 0.320 e. The number of carboxylic acid groups (broad SMARTS) is 1. The molecule has 1 saturated heterocycles. The number of rotatable bonds is 4. The molecule has 0 radical (unpaired) electrons. The number of carbonyl (C=O) groups is 2. The van der Waals surface area contributed by atoms with Crippen molar-refractivity contribution in [1.29, 1.82) is 5.26 Å². The van der Waals surface area contributed by atoms with E-state index in [-0.39, 0.29) is 31.0 Å². The Morgan fingerprint density at radius 1 is 1.47 bits per heavy atom. The van der Waals surface area contributed by atoms with Gasteiger partial charge in [0.05, 0.1) is 18.4 Å². The standard InChI is InChI=1S/C13H21N3O3/c1-9(2)16(6-4-5-14)13(19)15-7-10(3)11(8-15)12(17)18/h9-11H,4,6-8H2,1-3H3,(H,17,18)/t10-,11-/m1/s1. The first-order chi connectivity index (χ1) is 8.88. The maximum absolute atomic E-state index is 12.4. The molecule has 2 amide bonds. The van der Waals surface area contributed by atoms with E-state index in [4.69, 9.17) is 10.4 Å². The summed E-state index contributed by atoms with van der Waals surface area (Å²) in [6.45, 7) is 6.74. The third-order valence-corrected chi connectivity index (χ3v) is 3.53. The molecule has 2 atom stereocenters. The van der Waals surface area contributed by atoms with Crippen LogP contribution in [-0.2, 0) is 4.79 Å². The number of nitriles is 1. The van der Waals surface area contributed by atoms with Crippen LogP contribution in [0.1, 0.15) is 27.2 Å². The van der Waals surface area contributed by atoms with Crippen LogP contribution in [0.2, 0.25) is 0 Å². The van der Waals surface area contributed by atoms with Crippen LogP contribution in [0.15, 0.2) is 0 Å². The summed E-state index contributed by atoms with van der Waals surface area (Å²) in [7, 11) is 0. The van der Waals surface area contributed by atoms with Crippen LogP contribution in [0.4, 0.5) is 4.79 Å². The molecule has 0 bridgehead atoms. The van der Waals surface area contributed by atoms with Crippen LogP contribution >= 0.6 is 0 Å². The summed E-state index contributed by atoms with van der Waals surface area (Å²) in [4.78, 5) is 26.6. The molecule has 0 saturated carbocycles. The van der Waals surface area contributed by atoms with E-state index in [9.17, 15) is 9.59 Å². The van der Waals surface area contributed by atoms with E-state index >= 15 is 0 Å². The lowest BCUT2D eigenvalue weighted by Crippen LogP contribution is -2.46. The summed E-state index contributed by atoms with van der Waals surface area (Å²) in [5, 5.41) is 17.7. The van der Waals surface area contributed by atoms with Crippen LogP contribution in [0, 0.1) is 23.2 Å². The van der Waals surface area contributed by atoms with Gasteiger partial charge in [0.25, 0.3) is 0 Å². The highest BCUT2D eigenvalue weighted by molar-refractivity contribution is 5.78. The van der Waals surface area contributed by atoms with Gasteiger partial charge < -0.3 is 14.9 Å². The lowest BCUT2D eigenvalue weighted by molar-refractivity contribution is -0.142. The van der Waals surface area contributed by atoms with Crippen LogP contribution in [0.25, 0.3) is 0 Å². The van der Waals surface area contributed by atoms with Crippen molar-refractivity contribution in [3.63, 3.8) is 0 Å². The Morgan fingerprint density at radius 3 is 2.53 bits per heavy atom. The van der Waals surface area contributed by atoms with Gasteiger partial charge in [-0.2, -0.15) is 5.26 Å². The van der Waals surface area contributed by atoms with E-state index < -0.39 is 11.9 Å². The van der Waals surface area contributed by atoms with Crippen molar-refractivity contribution in [3.8, 4) is 6.07 Å². The van der Waals surface area contributed by atoms with Crippen molar-refractivity contribution in [2.24, 2.45) is 11.8 Å². The van der Waals surface area contributed by atoms with Crippen LogP contribution in [0.5, 0.6) is 0 Å². The number of carboxylic acids is 1. The summed E-state index contributed by atoms with van der Waals surface area (Å²) < 4.78 is 0. The first-order valence-corrected chi connectivity index (χ1v) is 6.53. The number of likely N-dealkylation sites (tertiary alicyclic amines) is 1. The van der Waals surface area contributed by atoms with Crippen molar-refractivity contribution < 1.29 is 14.7 Å². The normalized spacial score (nSPS) is 22.4. The molecule has 1 aliphatic rings. The highest BCUT2D eigenvalue weighted by Gasteiger charge is 2.38. The quantitative estimate of drug-likeness (QED) is 0.834. The van der Waals surface area contributed by atoms with Crippen LogP contribution in [-0.4, -0.2) is 52.6 Å². The molecular formula is C13H21N3O3.